The standard InChI is InChI=1S/C5H8O4.C3H4O3/c1-2-3-4(6)9-5(7)8;4-3-5-1-2-6-3/h2-3H2,1H3,(H,7,8);1-2H2. The maximum absolute atomic E-state index is 10.3. The van der Waals surface area contributed by atoms with Gasteiger partial charge in [0.05, 0.1) is 0 Å². The van der Waals surface area contributed by atoms with Crippen molar-refractivity contribution in [3.05, 3.63) is 0 Å². The topological polar surface area (TPSA) is 99.1 Å². The van der Waals surface area contributed by atoms with Gasteiger partial charge >= 0.3 is 18.3 Å². The first-order chi connectivity index (χ1) is 7.06. The molecule has 1 saturated heterocycles. The summed E-state index contributed by atoms with van der Waals surface area (Å²) in [4.78, 5) is 29.7. The van der Waals surface area contributed by atoms with Crippen molar-refractivity contribution in [2.24, 2.45) is 0 Å². The lowest BCUT2D eigenvalue weighted by Gasteiger charge is -1.92. The Bertz CT molecular complexity index is 227. The average molecular weight is 220 g/mol. The Morgan fingerprint density at radius 1 is 1.40 bits per heavy atom. The maximum Gasteiger partial charge on any atom is 0.513 e. The average Bonchev–Trinajstić information content (AvgIpc) is 2.56. The lowest BCUT2D eigenvalue weighted by atomic mass is 10.3. The first kappa shape index (κ1) is 13.2. The van der Waals surface area contributed by atoms with Gasteiger partial charge in [-0.15, -0.1) is 0 Å². The molecular formula is C8H12O7. The van der Waals surface area contributed by atoms with E-state index < -0.39 is 18.3 Å². The second-order valence-corrected chi connectivity index (χ2v) is 2.44. The van der Waals surface area contributed by atoms with Crippen LogP contribution in [-0.4, -0.2) is 36.6 Å². The Morgan fingerprint density at radius 2 is 1.93 bits per heavy atom. The Hall–Kier alpha value is -1.79. The molecule has 1 aliphatic rings. The molecule has 0 spiro atoms. The quantitative estimate of drug-likeness (QED) is 0.550. The minimum absolute atomic E-state index is 0.159. The maximum atomic E-state index is 10.3. The van der Waals surface area contributed by atoms with Crippen molar-refractivity contribution in [2.75, 3.05) is 13.2 Å². The Morgan fingerprint density at radius 3 is 2.20 bits per heavy atom. The van der Waals surface area contributed by atoms with E-state index in [1.165, 1.54) is 0 Å². The third-order valence-electron chi connectivity index (χ3n) is 1.18. The zero-order valence-electron chi connectivity index (χ0n) is 8.23. The highest BCUT2D eigenvalue weighted by Crippen LogP contribution is 1.92. The number of rotatable bonds is 2. The van der Waals surface area contributed by atoms with Crippen molar-refractivity contribution >= 4 is 18.3 Å². The van der Waals surface area contributed by atoms with Crippen LogP contribution in [0.15, 0.2) is 0 Å². The summed E-state index contributed by atoms with van der Waals surface area (Å²) in [6.45, 7) is 2.60. The summed E-state index contributed by atoms with van der Waals surface area (Å²) < 4.78 is 12.4. The van der Waals surface area contributed by atoms with E-state index in [-0.39, 0.29) is 6.42 Å². The van der Waals surface area contributed by atoms with Gasteiger partial charge in [-0.05, 0) is 6.42 Å². The zero-order valence-corrected chi connectivity index (χ0v) is 8.23. The number of carbonyl (C=O) groups is 3. The van der Waals surface area contributed by atoms with Gasteiger partial charge < -0.3 is 19.3 Å². The Balaban J connectivity index is 0.000000280. The third kappa shape index (κ3) is 8.54. The van der Waals surface area contributed by atoms with Crippen molar-refractivity contribution < 1.29 is 33.7 Å². The molecule has 86 valence electrons. The zero-order chi connectivity index (χ0) is 11.7. The summed E-state index contributed by atoms with van der Waals surface area (Å²) in [7, 11) is 0. The fraction of sp³-hybridized carbons (Fsp3) is 0.625. The number of ether oxygens (including phenoxy) is 3. The fourth-order valence-corrected chi connectivity index (χ4v) is 0.644. The fourth-order valence-electron chi connectivity index (χ4n) is 0.644. The minimum atomic E-state index is -1.53. The summed E-state index contributed by atoms with van der Waals surface area (Å²) in [6, 6.07) is 0. The molecule has 0 saturated carbocycles. The van der Waals surface area contributed by atoms with Crippen LogP contribution in [0, 0.1) is 0 Å². The van der Waals surface area contributed by atoms with Crippen LogP contribution in [0.4, 0.5) is 9.59 Å². The van der Waals surface area contributed by atoms with E-state index in [0.29, 0.717) is 19.6 Å². The van der Waals surface area contributed by atoms with Gasteiger partial charge in [-0.3, -0.25) is 4.79 Å². The highest BCUT2D eigenvalue weighted by atomic mass is 16.8. The second-order valence-electron chi connectivity index (χ2n) is 2.44. The van der Waals surface area contributed by atoms with E-state index in [0.717, 1.165) is 0 Å². The number of carbonyl (C=O) groups excluding carboxylic acids is 2. The van der Waals surface area contributed by atoms with E-state index in [1.54, 1.807) is 6.92 Å². The van der Waals surface area contributed by atoms with Crippen LogP contribution >= 0.6 is 0 Å². The predicted molar refractivity (Wildman–Crippen MR) is 46.3 cm³/mol. The molecule has 0 aromatic heterocycles. The molecule has 0 aromatic rings. The van der Waals surface area contributed by atoms with Crippen molar-refractivity contribution in [2.45, 2.75) is 19.8 Å². The number of hydrogen-bond acceptors (Lipinski definition) is 6. The normalized spacial score (nSPS) is 13.0. The van der Waals surface area contributed by atoms with Crippen molar-refractivity contribution in [3.63, 3.8) is 0 Å². The molecule has 0 amide bonds. The summed E-state index contributed by atoms with van der Waals surface area (Å²) in [5.41, 5.74) is 0. The van der Waals surface area contributed by atoms with Gasteiger partial charge in [0.25, 0.3) is 0 Å². The van der Waals surface area contributed by atoms with Crippen molar-refractivity contribution in [1.29, 1.82) is 0 Å². The molecule has 0 aliphatic carbocycles. The molecule has 15 heavy (non-hydrogen) atoms. The number of carboxylic acid groups (broad SMARTS) is 1. The lowest BCUT2D eigenvalue weighted by Crippen LogP contribution is -2.08. The van der Waals surface area contributed by atoms with Gasteiger partial charge in [0.2, 0.25) is 0 Å². The van der Waals surface area contributed by atoms with Crippen LogP contribution in [0.25, 0.3) is 0 Å². The van der Waals surface area contributed by atoms with Crippen LogP contribution in [0.1, 0.15) is 19.8 Å². The Labute approximate surface area is 85.9 Å². The minimum Gasteiger partial charge on any atom is -0.449 e. The molecule has 0 radical (unpaired) electrons. The van der Waals surface area contributed by atoms with E-state index in [4.69, 9.17) is 5.11 Å². The van der Waals surface area contributed by atoms with Crippen LogP contribution in [0.2, 0.25) is 0 Å². The smallest absolute Gasteiger partial charge is 0.449 e. The highest BCUT2D eigenvalue weighted by Gasteiger charge is 2.09. The molecule has 1 N–H and O–H groups in total. The largest absolute Gasteiger partial charge is 0.513 e. The van der Waals surface area contributed by atoms with Gasteiger partial charge in [0.15, 0.2) is 0 Å². The van der Waals surface area contributed by atoms with Crippen LogP contribution in [-0.2, 0) is 19.0 Å². The molecule has 0 unspecified atom stereocenters. The van der Waals surface area contributed by atoms with Gasteiger partial charge in [0, 0.05) is 6.42 Å². The van der Waals surface area contributed by atoms with E-state index in [2.05, 4.69) is 14.2 Å². The number of esters is 1. The molecule has 7 heteroatoms. The van der Waals surface area contributed by atoms with Gasteiger partial charge in [-0.25, -0.2) is 9.59 Å². The van der Waals surface area contributed by atoms with Crippen LogP contribution in [0.5, 0.6) is 0 Å². The Kier molecular flexibility index (Phi) is 6.69. The highest BCUT2D eigenvalue weighted by molar-refractivity contribution is 5.80. The first-order valence-electron chi connectivity index (χ1n) is 4.29. The lowest BCUT2D eigenvalue weighted by molar-refractivity contribution is -0.139. The van der Waals surface area contributed by atoms with Crippen LogP contribution in [0.3, 0.4) is 0 Å². The van der Waals surface area contributed by atoms with Crippen molar-refractivity contribution in [1.82, 2.24) is 0 Å². The first-order valence-corrected chi connectivity index (χ1v) is 4.29. The number of cyclic esters (lactones) is 2. The van der Waals surface area contributed by atoms with E-state index >= 15 is 0 Å². The third-order valence-corrected chi connectivity index (χ3v) is 1.18. The summed E-state index contributed by atoms with van der Waals surface area (Å²) in [6.07, 6.45) is -1.32. The van der Waals surface area contributed by atoms with Gasteiger partial charge in [-0.2, -0.15) is 0 Å². The molecule has 1 rings (SSSR count). The molecule has 7 nitrogen and oxygen atoms in total. The molecule has 1 aliphatic heterocycles. The summed E-state index contributed by atoms with van der Waals surface area (Å²) in [5, 5.41) is 7.87. The van der Waals surface area contributed by atoms with Crippen molar-refractivity contribution in [3.8, 4) is 0 Å². The molecule has 1 fully saturated rings. The summed E-state index contributed by atoms with van der Waals surface area (Å²) >= 11 is 0. The molecule has 1 heterocycles. The monoisotopic (exact) mass is 220 g/mol. The van der Waals surface area contributed by atoms with Gasteiger partial charge in [0.1, 0.15) is 13.2 Å². The second kappa shape index (κ2) is 7.60. The van der Waals surface area contributed by atoms with E-state index in [1.807, 2.05) is 0 Å². The van der Waals surface area contributed by atoms with Crippen LogP contribution < -0.4 is 0 Å². The molecule has 0 atom stereocenters. The number of hydrogen-bond donors (Lipinski definition) is 1. The predicted octanol–water partition coefficient (Wildman–Crippen LogP) is 1.16. The SMILES string of the molecule is CCCC(=O)OC(=O)O.O=C1OCCO1. The van der Waals surface area contributed by atoms with E-state index in [9.17, 15) is 14.4 Å². The molecule has 0 bridgehead atoms. The molecule has 0 aromatic carbocycles. The van der Waals surface area contributed by atoms with Gasteiger partial charge in [-0.1, -0.05) is 6.92 Å². The molecular weight excluding hydrogens is 208 g/mol. The summed E-state index contributed by atoms with van der Waals surface area (Å²) in [5.74, 6) is -0.690.